The smallest absolute Gasteiger partial charge is 0.00973 e. The molecule has 0 saturated heterocycles. The van der Waals surface area contributed by atoms with E-state index in [0.717, 1.165) is 12.3 Å². The van der Waals surface area contributed by atoms with E-state index in [9.17, 15) is 0 Å². The first kappa shape index (κ1) is 9.51. The molecule has 1 aromatic carbocycles. The van der Waals surface area contributed by atoms with Gasteiger partial charge in [-0.05, 0) is 29.7 Å². The fraction of sp³-hybridized carbons (Fsp3) is 0.429. The van der Waals surface area contributed by atoms with E-state index < -0.39 is 0 Å². The highest BCUT2D eigenvalue weighted by Gasteiger charge is 2.43. The molecule has 0 nitrogen and oxygen atoms in total. The summed E-state index contributed by atoms with van der Waals surface area (Å²) in [6, 6.07) is 10.6. The van der Waals surface area contributed by atoms with Crippen LogP contribution in [0.15, 0.2) is 42.5 Å². The number of hydrogen-bond acceptors (Lipinski definition) is 0. The predicted molar refractivity (Wildman–Crippen MR) is 61.2 cm³/mol. The minimum absolute atomic E-state index is 0.577. The van der Waals surface area contributed by atoms with Crippen LogP contribution < -0.4 is 0 Å². The lowest BCUT2D eigenvalue weighted by Crippen LogP contribution is -1.86. The third kappa shape index (κ3) is 2.25. The van der Waals surface area contributed by atoms with Crippen molar-refractivity contribution in [1.82, 2.24) is 0 Å². The van der Waals surface area contributed by atoms with E-state index in [4.69, 9.17) is 0 Å². The second-order valence-corrected chi connectivity index (χ2v) is 4.92. The van der Waals surface area contributed by atoms with Crippen LogP contribution in [0.25, 0.3) is 0 Å². The Hall–Kier alpha value is -1.04. The van der Waals surface area contributed by atoms with Gasteiger partial charge in [-0.3, -0.25) is 0 Å². The quantitative estimate of drug-likeness (QED) is 0.629. The molecule has 0 heteroatoms. The lowest BCUT2D eigenvalue weighted by molar-refractivity contribution is 0.609. The van der Waals surface area contributed by atoms with Crippen LogP contribution in [0.5, 0.6) is 0 Å². The number of hydrogen-bond donors (Lipinski definition) is 0. The molecule has 0 heterocycles. The molecule has 14 heavy (non-hydrogen) atoms. The van der Waals surface area contributed by atoms with Crippen LogP contribution >= 0.6 is 0 Å². The highest BCUT2D eigenvalue weighted by molar-refractivity contribution is 5.18. The van der Waals surface area contributed by atoms with Crippen LogP contribution in [0.2, 0.25) is 0 Å². The zero-order valence-electron chi connectivity index (χ0n) is 9.03. The zero-order valence-corrected chi connectivity index (χ0v) is 9.03. The van der Waals surface area contributed by atoms with Gasteiger partial charge >= 0.3 is 0 Å². The van der Waals surface area contributed by atoms with E-state index in [1.54, 1.807) is 0 Å². The maximum atomic E-state index is 2.38. The number of benzene rings is 1. The lowest BCUT2D eigenvalue weighted by atomic mass is 10.1. The summed E-state index contributed by atoms with van der Waals surface area (Å²) in [5, 5.41) is 0. The third-order valence-corrected chi connectivity index (χ3v) is 3.15. The monoisotopic (exact) mass is 186 g/mol. The van der Waals surface area contributed by atoms with Gasteiger partial charge in [-0.2, -0.15) is 0 Å². The van der Waals surface area contributed by atoms with Crippen LogP contribution in [0.1, 0.15) is 25.8 Å². The van der Waals surface area contributed by atoms with Gasteiger partial charge in [0.1, 0.15) is 0 Å². The van der Waals surface area contributed by atoms with E-state index in [2.05, 4.69) is 56.3 Å². The molecule has 1 aromatic rings. The summed E-state index contributed by atoms with van der Waals surface area (Å²) >= 11 is 0. The van der Waals surface area contributed by atoms with Crippen LogP contribution in [-0.4, -0.2) is 0 Å². The average Bonchev–Trinajstić information content (AvgIpc) is 2.76. The molecule has 1 saturated carbocycles. The molecule has 0 radical (unpaired) electrons. The normalized spacial score (nSPS) is 24.0. The maximum Gasteiger partial charge on any atom is -0.00973 e. The Kier molecular flexibility index (Phi) is 2.45. The summed E-state index contributed by atoms with van der Waals surface area (Å²) in [6.45, 7) is 4.68. The Morgan fingerprint density at radius 3 is 2.50 bits per heavy atom. The first-order chi connectivity index (χ1) is 6.68. The maximum absolute atomic E-state index is 2.38. The van der Waals surface area contributed by atoms with Gasteiger partial charge in [0.15, 0.2) is 0 Å². The summed E-state index contributed by atoms with van der Waals surface area (Å²) in [6.07, 6.45) is 7.13. The molecule has 0 aliphatic heterocycles. The highest BCUT2D eigenvalue weighted by Crippen LogP contribution is 2.52. The Morgan fingerprint density at radius 1 is 1.29 bits per heavy atom. The molecular formula is C14H18. The fourth-order valence-corrected chi connectivity index (χ4v) is 1.82. The molecule has 1 unspecified atom stereocenters. The molecule has 0 spiro atoms. The van der Waals surface area contributed by atoms with Gasteiger partial charge in [-0.1, -0.05) is 56.3 Å². The molecule has 0 bridgehead atoms. The molecular weight excluding hydrogens is 168 g/mol. The summed E-state index contributed by atoms with van der Waals surface area (Å²) in [4.78, 5) is 0. The van der Waals surface area contributed by atoms with Crippen molar-refractivity contribution in [3.05, 3.63) is 48.0 Å². The standard InChI is InChI=1S/C14H18/c1-14(2)11-13(14)10-6-9-12-7-4-3-5-8-12/h3-8,10,13H,9,11H2,1-2H3/b10-6+. The van der Waals surface area contributed by atoms with E-state index in [-0.39, 0.29) is 0 Å². The Morgan fingerprint density at radius 2 is 1.93 bits per heavy atom. The molecule has 1 fully saturated rings. The SMILES string of the molecule is CC1(C)CC1/C=C/Cc1ccccc1. The van der Waals surface area contributed by atoms with Gasteiger partial charge in [0, 0.05) is 0 Å². The molecule has 0 aromatic heterocycles. The molecule has 0 N–H and O–H groups in total. The minimum Gasteiger partial charge on any atom is -0.0845 e. The van der Waals surface area contributed by atoms with Crippen LogP contribution in [-0.2, 0) is 6.42 Å². The second-order valence-electron chi connectivity index (χ2n) is 4.92. The first-order valence-corrected chi connectivity index (χ1v) is 5.39. The van der Waals surface area contributed by atoms with Crippen molar-refractivity contribution in [3.63, 3.8) is 0 Å². The molecule has 1 atom stereocenters. The Bertz CT molecular complexity index is 319. The van der Waals surface area contributed by atoms with Crippen molar-refractivity contribution in [2.24, 2.45) is 11.3 Å². The van der Waals surface area contributed by atoms with Gasteiger partial charge in [-0.25, -0.2) is 0 Å². The number of rotatable bonds is 3. The van der Waals surface area contributed by atoms with Crippen molar-refractivity contribution < 1.29 is 0 Å². The van der Waals surface area contributed by atoms with Crippen molar-refractivity contribution >= 4 is 0 Å². The van der Waals surface area contributed by atoms with E-state index in [0.29, 0.717) is 5.41 Å². The molecule has 74 valence electrons. The summed E-state index contributed by atoms with van der Waals surface area (Å²) in [7, 11) is 0. The van der Waals surface area contributed by atoms with Crippen LogP contribution in [0.3, 0.4) is 0 Å². The van der Waals surface area contributed by atoms with Crippen molar-refractivity contribution in [2.75, 3.05) is 0 Å². The summed E-state index contributed by atoms with van der Waals surface area (Å²) < 4.78 is 0. The average molecular weight is 186 g/mol. The van der Waals surface area contributed by atoms with Crippen molar-refractivity contribution in [2.45, 2.75) is 26.7 Å². The van der Waals surface area contributed by atoms with Crippen LogP contribution in [0.4, 0.5) is 0 Å². The van der Waals surface area contributed by atoms with Gasteiger partial charge in [0.25, 0.3) is 0 Å². The topological polar surface area (TPSA) is 0 Å². The van der Waals surface area contributed by atoms with Gasteiger partial charge < -0.3 is 0 Å². The Balaban J connectivity index is 1.84. The largest absolute Gasteiger partial charge is 0.0845 e. The van der Waals surface area contributed by atoms with E-state index in [1.807, 2.05) is 0 Å². The molecule has 2 rings (SSSR count). The summed E-state index contributed by atoms with van der Waals surface area (Å²) in [5.41, 5.74) is 1.98. The van der Waals surface area contributed by atoms with Crippen LogP contribution in [0, 0.1) is 11.3 Å². The third-order valence-electron chi connectivity index (χ3n) is 3.15. The predicted octanol–water partition coefficient (Wildman–Crippen LogP) is 3.83. The first-order valence-electron chi connectivity index (χ1n) is 5.39. The highest BCUT2D eigenvalue weighted by atomic mass is 14.5. The fourth-order valence-electron chi connectivity index (χ4n) is 1.82. The van der Waals surface area contributed by atoms with Gasteiger partial charge in [-0.15, -0.1) is 0 Å². The summed E-state index contributed by atoms with van der Waals surface area (Å²) in [5.74, 6) is 0.825. The molecule has 0 amide bonds. The van der Waals surface area contributed by atoms with Crippen molar-refractivity contribution in [1.29, 1.82) is 0 Å². The van der Waals surface area contributed by atoms with Crippen molar-refractivity contribution in [3.8, 4) is 0 Å². The second kappa shape index (κ2) is 3.61. The van der Waals surface area contributed by atoms with Gasteiger partial charge in [0.05, 0.1) is 0 Å². The molecule has 1 aliphatic rings. The van der Waals surface area contributed by atoms with Gasteiger partial charge in [0.2, 0.25) is 0 Å². The number of allylic oxidation sites excluding steroid dienone is 2. The van der Waals surface area contributed by atoms with E-state index in [1.165, 1.54) is 12.0 Å². The minimum atomic E-state index is 0.577. The lowest BCUT2D eigenvalue weighted by Gasteiger charge is -1.97. The molecule has 1 aliphatic carbocycles. The zero-order chi connectivity index (χ0) is 10.0. The van der Waals surface area contributed by atoms with E-state index >= 15 is 0 Å². The Labute approximate surface area is 86.7 Å².